The second-order valence-corrected chi connectivity index (χ2v) is 3.51. The maximum Gasteiger partial charge on any atom is 0.358 e. The molecule has 0 bridgehead atoms. The zero-order valence-electron chi connectivity index (χ0n) is 10.0. The molecule has 18 heavy (non-hydrogen) atoms. The molecule has 0 aliphatic rings. The van der Waals surface area contributed by atoms with Gasteiger partial charge in [-0.1, -0.05) is 0 Å². The number of methoxy groups -OCH3 is 1. The Morgan fingerprint density at radius 3 is 2.83 bits per heavy atom. The third-order valence-electron chi connectivity index (χ3n) is 2.15. The van der Waals surface area contributed by atoms with E-state index in [1.54, 1.807) is 12.3 Å². The Bertz CT molecular complexity index is 535. The Morgan fingerprint density at radius 2 is 2.28 bits per heavy atom. The minimum atomic E-state index is -0.516. The summed E-state index contributed by atoms with van der Waals surface area (Å²) < 4.78 is 9.81. The van der Waals surface area contributed by atoms with Crippen LogP contribution in [0.2, 0.25) is 0 Å². The molecule has 0 spiro atoms. The number of nitrogens with zero attached hydrogens (tertiary/aromatic N) is 3. The molecule has 2 heterocycles. The predicted octanol–water partition coefficient (Wildman–Crippen LogP) is 1.17. The molecule has 0 radical (unpaired) electrons. The molecule has 7 heteroatoms. The van der Waals surface area contributed by atoms with Crippen molar-refractivity contribution in [2.24, 2.45) is 0 Å². The van der Waals surface area contributed by atoms with Crippen molar-refractivity contribution in [2.75, 3.05) is 12.4 Å². The lowest BCUT2D eigenvalue weighted by Gasteiger charge is -2.02. The third kappa shape index (κ3) is 2.82. The van der Waals surface area contributed by atoms with Crippen LogP contribution in [0.5, 0.6) is 0 Å². The summed E-state index contributed by atoms with van der Waals surface area (Å²) >= 11 is 0. The van der Waals surface area contributed by atoms with E-state index in [-0.39, 0.29) is 5.69 Å². The average molecular weight is 248 g/mol. The van der Waals surface area contributed by atoms with Gasteiger partial charge in [0.25, 0.3) is 0 Å². The van der Waals surface area contributed by atoms with Crippen LogP contribution >= 0.6 is 0 Å². The number of ether oxygens (including phenoxy) is 1. The maximum atomic E-state index is 11.1. The Morgan fingerprint density at radius 1 is 1.44 bits per heavy atom. The van der Waals surface area contributed by atoms with Crippen molar-refractivity contribution >= 4 is 11.8 Å². The van der Waals surface area contributed by atoms with Gasteiger partial charge in [0.1, 0.15) is 11.6 Å². The van der Waals surface area contributed by atoms with Gasteiger partial charge < -0.3 is 14.5 Å². The fourth-order valence-corrected chi connectivity index (χ4v) is 1.29. The topological polar surface area (TPSA) is 90.1 Å². The van der Waals surface area contributed by atoms with Gasteiger partial charge in [-0.05, 0) is 19.1 Å². The van der Waals surface area contributed by atoms with Gasteiger partial charge in [0.2, 0.25) is 5.89 Å². The van der Waals surface area contributed by atoms with Crippen molar-refractivity contribution < 1.29 is 13.9 Å². The normalized spacial score (nSPS) is 10.1. The van der Waals surface area contributed by atoms with Crippen LogP contribution < -0.4 is 5.32 Å². The lowest BCUT2D eigenvalue weighted by molar-refractivity contribution is 0.0593. The fraction of sp³-hybridized carbons (Fsp3) is 0.273. The average Bonchev–Trinajstić information content (AvgIpc) is 2.82. The SMILES string of the molecule is COC(=O)c1ccc(NCc2ncc(C)o2)nn1. The molecular formula is C11H12N4O3. The summed E-state index contributed by atoms with van der Waals surface area (Å²) in [6, 6.07) is 3.16. The molecule has 0 saturated carbocycles. The summed E-state index contributed by atoms with van der Waals surface area (Å²) in [5.74, 6) is 1.32. The van der Waals surface area contributed by atoms with Crippen LogP contribution in [0.4, 0.5) is 5.82 Å². The minimum absolute atomic E-state index is 0.162. The molecule has 0 fully saturated rings. The van der Waals surface area contributed by atoms with E-state index < -0.39 is 5.97 Å². The fourth-order valence-electron chi connectivity index (χ4n) is 1.29. The Balaban J connectivity index is 1.96. The summed E-state index contributed by atoms with van der Waals surface area (Å²) in [5.41, 5.74) is 0.162. The number of aromatic nitrogens is 3. The maximum absolute atomic E-state index is 11.1. The summed E-state index contributed by atoms with van der Waals surface area (Å²) in [4.78, 5) is 15.2. The Kier molecular flexibility index (Phi) is 3.52. The second-order valence-electron chi connectivity index (χ2n) is 3.51. The highest BCUT2D eigenvalue weighted by Crippen LogP contribution is 2.06. The molecule has 7 nitrogen and oxygen atoms in total. The highest BCUT2D eigenvalue weighted by atomic mass is 16.5. The van der Waals surface area contributed by atoms with Crippen molar-refractivity contribution in [3.8, 4) is 0 Å². The van der Waals surface area contributed by atoms with Crippen LogP contribution in [-0.4, -0.2) is 28.3 Å². The number of oxazole rings is 1. The zero-order valence-corrected chi connectivity index (χ0v) is 10.0. The van der Waals surface area contributed by atoms with E-state index in [2.05, 4.69) is 25.2 Å². The van der Waals surface area contributed by atoms with Crippen LogP contribution in [0.15, 0.2) is 22.7 Å². The monoisotopic (exact) mass is 248 g/mol. The van der Waals surface area contributed by atoms with Gasteiger partial charge in [0, 0.05) is 0 Å². The molecular weight excluding hydrogens is 236 g/mol. The second kappa shape index (κ2) is 5.26. The van der Waals surface area contributed by atoms with Gasteiger partial charge in [-0.15, -0.1) is 10.2 Å². The van der Waals surface area contributed by atoms with Gasteiger partial charge in [-0.2, -0.15) is 0 Å². The van der Waals surface area contributed by atoms with E-state index in [1.165, 1.54) is 13.2 Å². The number of hydrogen-bond donors (Lipinski definition) is 1. The van der Waals surface area contributed by atoms with E-state index in [0.717, 1.165) is 5.76 Å². The van der Waals surface area contributed by atoms with Crippen LogP contribution in [0.3, 0.4) is 0 Å². The van der Waals surface area contributed by atoms with E-state index in [1.807, 2.05) is 6.92 Å². The van der Waals surface area contributed by atoms with Gasteiger partial charge >= 0.3 is 5.97 Å². The lowest BCUT2D eigenvalue weighted by atomic mass is 10.4. The highest BCUT2D eigenvalue weighted by Gasteiger charge is 2.07. The van der Waals surface area contributed by atoms with Crippen LogP contribution in [-0.2, 0) is 11.3 Å². The first-order valence-electron chi connectivity index (χ1n) is 5.26. The number of carbonyl (C=O) groups is 1. The molecule has 0 aliphatic heterocycles. The Hall–Kier alpha value is -2.44. The van der Waals surface area contributed by atoms with Gasteiger partial charge in [0.05, 0.1) is 19.9 Å². The summed E-state index contributed by atoms with van der Waals surface area (Å²) in [7, 11) is 1.29. The molecule has 0 amide bonds. The van der Waals surface area contributed by atoms with Crippen molar-refractivity contribution in [1.29, 1.82) is 0 Å². The van der Waals surface area contributed by atoms with Crippen LogP contribution in [0, 0.1) is 6.92 Å². The van der Waals surface area contributed by atoms with Gasteiger partial charge in [-0.25, -0.2) is 9.78 Å². The predicted molar refractivity (Wildman–Crippen MR) is 61.9 cm³/mol. The number of hydrogen-bond acceptors (Lipinski definition) is 7. The number of carbonyl (C=O) groups excluding carboxylic acids is 1. The third-order valence-corrected chi connectivity index (χ3v) is 2.15. The van der Waals surface area contributed by atoms with E-state index in [9.17, 15) is 4.79 Å². The van der Waals surface area contributed by atoms with E-state index in [0.29, 0.717) is 18.3 Å². The zero-order chi connectivity index (χ0) is 13.0. The molecule has 0 atom stereocenters. The summed E-state index contributed by atoms with van der Waals surface area (Å²) in [6.45, 7) is 2.22. The number of rotatable bonds is 4. The number of nitrogens with one attached hydrogen (secondary N) is 1. The smallest absolute Gasteiger partial charge is 0.358 e. The van der Waals surface area contributed by atoms with Crippen LogP contribution in [0.1, 0.15) is 22.1 Å². The van der Waals surface area contributed by atoms with Crippen molar-refractivity contribution in [3.05, 3.63) is 35.7 Å². The highest BCUT2D eigenvalue weighted by molar-refractivity contribution is 5.86. The van der Waals surface area contributed by atoms with Crippen molar-refractivity contribution in [1.82, 2.24) is 15.2 Å². The first-order valence-corrected chi connectivity index (χ1v) is 5.26. The molecule has 0 unspecified atom stereocenters. The molecule has 2 aromatic heterocycles. The van der Waals surface area contributed by atoms with Crippen molar-refractivity contribution in [2.45, 2.75) is 13.5 Å². The van der Waals surface area contributed by atoms with Crippen LogP contribution in [0.25, 0.3) is 0 Å². The van der Waals surface area contributed by atoms with Gasteiger partial charge in [0.15, 0.2) is 5.69 Å². The first kappa shape index (κ1) is 12.0. The molecule has 2 aromatic rings. The molecule has 0 aliphatic carbocycles. The standard InChI is InChI=1S/C11H12N4O3/c1-7-5-13-10(18-7)6-12-9-4-3-8(14-15-9)11(16)17-2/h3-5H,6H2,1-2H3,(H,12,15). The van der Waals surface area contributed by atoms with E-state index in [4.69, 9.17) is 4.42 Å². The minimum Gasteiger partial charge on any atom is -0.464 e. The number of anilines is 1. The molecule has 2 rings (SSSR count). The number of aryl methyl sites for hydroxylation is 1. The van der Waals surface area contributed by atoms with Crippen molar-refractivity contribution in [3.63, 3.8) is 0 Å². The first-order chi connectivity index (χ1) is 8.69. The van der Waals surface area contributed by atoms with Gasteiger partial charge in [-0.3, -0.25) is 0 Å². The lowest BCUT2D eigenvalue weighted by Crippen LogP contribution is -2.08. The largest absolute Gasteiger partial charge is 0.464 e. The van der Waals surface area contributed by atoms with E-state index >= 15 is 0 Å². The molecule has 94 valence electrons. The summed E-state index contributed by atoms with van der Waals surface area (Å²) in [6.07, 6.45) is 1.64. The number of esters is 1. The summed E-state index contributed by atoms with van der Waals surface area (Å²) in [5, 5.41) is 10.5. The molecule has 0 aromatic carbocycles. The Labute approximate surface area is 103 Å². The molecule has 0 saturated heterocycles. The quantitative estimate of drug-likeness (QED) is 0.812. The molecule has 1 N–H and O–H groups in total.